The van der Waals surface area contributed by atoms with E-state index in [1.54, 1.807) is 36.4 Å². The maximum absolute atomic E-state index is 13.1. The number of methoxy groups -OCH3 is 1. The van der Waals surface area contributed by atoms with E-state index < -0.39 is 5.97 Å². The second-order valence-electron chi connectivity index (χ2n) is 7.60. The van der Waals surface area contributed by atoms with Crippen LogP contribution >= 0.6 is 0 Å². The molecule has 0 saturated carbocycles. The van der Waals surface area contributed by atoms with Crippen LogP contribution in [0.25, 0.3) is 0 Å². The van der Waals surface area contributed by atoms with E-state index in [1.165, 1.54) is 19.2 Å². The molecule has 1 amide bonds. The van der Waals surface area contributed by atoms with Crippen LogP contribution in [0.5, 0.6) is 5.75 Å². The Bertz CT molecular complexity index is 870. The van der Waals surface area contributed by atoms with Crippen molar-refractivity contribution in [2.75, 3.05) is 26.8 Å². The molecule has 6 nitrogen and oxygen atoms in total. The van der Waals surface area contributed by atoms with Gasteiger partial charge in [-0.1, -0.05) is 12.1 Å². The van der Waals surface area contributed by atoms with Crippen molar-refractivity contribution in [3.05, 3.63) is 65.5 Å². The molecule has 0 radical (unpaired) electrons. The molecule has 0 N–H and O–H groups in total. The molecule has 1 fully saturated rings. The number of benzene rings is 2. The highest BCUT2D eigenvalue weighted by Crippen LogP contribution is 2.19. The number of ether oxygens (including phenoxy) is 2. The van der Waals surface area contributed by atoms with Crippen LogP contribution in [0.4, 0.5) is 4.39 Å². The van der Waals surface area contributed by atoms with Crippen molar-refractivity contribution in [2.24, 2.45) is 0 Å². The molecule has 1 saturated heterocycles. The van der Waals surface area contributed by atoms with E-state index in [1.807, 2.05) is 11.8 Å². The number of nitrogens with zero attached hydrogens (tertiary/aromatic N) is 2. The van der Waals surface area contributed by atoms with E-state index in [9.17, 15) is 14.0 Å². The number of piperazine rings is 1. The van der Waals surface area contributed by atoms with Crippen molar-refractivity contribution in [3.63, 3.8) is 0 Å². The van der Waals surface area contributed by atoms with Crippen LogP contribution in [-0.2, 0) is 16.1 Å². The first-order valence-corrected chi connectivity index (χ1v) is 9.96. The summed E-state index contributed by atoms with van der Waals surface area (Å²) in [6.45, 7) is 6.10. The number of carbonyl (C=O) groups excluding carboxylic acids is 2. The highest BCUT2D eigenvalue weighted by atomic mass is 19.1. The van der Waals surface area contributed by atoms with Gasteiger partial charge in [-0.25, -0.2) is 9.18 Å². The molecule has 2 unspecified atom stereocenters. The third-order valence-corrected chi connectivity index (χ3v) is 5.37. The van der Waals surface area contributed by atoms with E-state index in [-0.39, 0.29) is 30.4 Å². The van der Waals surface area contributed by atoms with Crippen molar-refractivity contribution >= 4 is 11.9 Å². The van der Waals surface area contributed by atoms with Gasteiger partial charge >= 0.3 is 5.97 Å². The summed E-state index contributed by atoms with van der Waals surface area (Å²) in [7, 11) is 1.33. The van der Waals surface area contributed by atoms with Gasteiger partial charge in [0.2, 0.25) is 0 Å². The summed E-state index contributed by atoms with van der Waals surface area (Å²) in [6, 6.07) is 13.2. The average Bonchev–Trinajstić information content (AvgIpc) is 2.75. The molecule has 1 heterocycles. The topological polar surface area (TPSA) is 59.1 Å². The van der Waals surface area contributed by atoms with Gasteiger partial charge in [0.05, 0.1) is 12.7 Å². The predicted octanol–water partition coefficient (Wildman–Crippen LogP) is 3.11. The summed E-state index contributed by atoms with van der Waals surface area (Å²) in [5, 5.41) is 0. The molecule has 0 aliphatic carbocycles. The lowest BCUT2D eigenvalue weighted by molar-refractivity contribution is -0.139. The molecule has 160 valence electrons. The Labute approximate surface area is 176 Å². The molecular weight excluding hydrogens is 387 g/mol. The number of halogens is 1. The molecule has 0 aromatic heterocycles. The van der Waals surface area contributed by atoms with Crippen molar-refractivity contribution in [2.45, 2.75) is 32.5 Å². The Kier molecular flexibility index (Phi) is 7.05. The normalized spacial score (nSPS) is 19.4. The van der Waals surface area contributed by atoms with Crippen molar-refractivity contribution in [3.8, 4) is 5.75 Å². The fraction of sp³-hybridized carbons (Fsp3) is 0.391. The fourth-order valence-corrected chi connectivity index (χ4v) is 3.62. The number of carbonyl (C=O) groups is 2. The van der Waals surface area contributed by atoms with Gasteiger partial charge in [0, 0.05) is 31.7 Å². The molecule has 2 aromatic rings. The number of hydrogen-bond donors (Lipinski definition) is 0. The molecule has 2 atom stereocenters. The van der Waals surface area contributed by atoms with Crippen LogP contribution in [0.3, 0.4) is 0 Å². The second kappa shape index (κ2) is 9.71. The Morgan fingerprint density at radius 3 is 2.30 bits per heavy atom. The standard InChI is InChI=1S/C23H27FN2O4/c1-16-13-26(17(2)12-25(16)14-18-4-8-20(24)9-5-18)22(27)15-30-21-10-6-19(7-11-21)23(28)29-3/h4-11,16-17H,12-15H2,1-3H3. The third-order valence-electron chi connectivity index (χ3n) is 5.37. The molecular formula is C23H27FN2O4. The molecule has 0 spiro atoms. The van der Waals surface area contributed by atoms with Gasteiger partial charge in [-0.15, -0.1) is 0 Å². The molecule has 1 aliphatic heterocycles. The average molecular weight is 414 g/mol. The van der Waals surface area contributed by atoms with E-state index in [0.717, 1.165) is 18.7 Å². The molecule has 1 aliphatic rings. The zero-order valence-corrected chi connectivity index (χ0v) is 17.5. The Hall–Kier alpha value is -2.93. The SMILES string of the molecule is COC(=O)c1ccc(OCC(=O)N2CC(C)N(Cc3ccc(F)cc3)CC2C)cc1. The van der Waals surface area contributed by atoms with Crippen LogP contribution in [0.15, 0.2) is 48.5 Å². The number of esters is 1. The van der Waals surface area contributed by atoms with E-state index >= 15 is 0 Å². The maximum atomic E-state index is 13.1. The molecule has 3 rings (SSSR count). The highest BCUT2D eigenvalue weighted by Gasteiger charge is 2.32. The van der Waals surface area contributed by atoms with E-state index in [0.29, 0.717) is 17.9 Å². The first-order chi connectivity index (χ1) is 14.4. The van der Waals surface area contributed by atoms with Crippen molar-refractivity contribution in [1.29, 1.82) is 0 Å². The first kappa shape index (κ1) is 21.8. The lowest BCUT2D eigenvalue weighted by atomic mass is 10.1. The van der Waals surface area contributed by atoms with E-state index in [4.69, 9.17) is 4.74 Å². The lowest BCUT2D eigenvalue weighted by Gasteiger charge is -2.44. The summed E-state index contributed by atoms with van der Waals surface area (Å²) in [6.07, 6.45) is 0. The number of amides is 1. The second-order valence-corrected chi connectivity index (χ2v) is 7.60. The van der Waals surface area contributed by atoms with Gasteiger partial charge in [0.25, 0.3) is 5.91 Å². The Morgan fingerprint density at radius 2 is 1.67 bits per heavy atom. The van der Waals surface area contributed by atoms with E-state index in [2.05, 4.69) is 16.6 Å². The lowest BCUT2D eigenvalue weighted by Crippen LogP contribution is -2.58. The first-order valence-electron chi connectivity index (χ1n) is 9.96. The number of hydrogen-bond acceptors (Lipinski definition) is 5. The zero-order chi connectivity index (χ0) is 21.7. The minimum Gasteiger partial charge on any atom is -0.484 e. The van der Waals surface area contributed by atoms with Crippen molar-refractivity contribution < 1.29 is 23.5 Å². The van der Waals surface area contributed by atoms with Crippen molar-refractivity contribution in [1.82, 2.24) is 9.80 Å². The largest absolute Gasteiger partial charge is 0.484 e. The molecule has 2 aromatic carbocycles. The summed E-state index contributed by atoms with van der Waals surface area (Å²) >= 11 is 0. The number of rotatable bonds is 6. The summed E-state index contributed by atoms with van der Waals surface area (Å²) < 4.78 is 23.4. The van der Waals surface area contributed by atoms with Gasteiger partial charge in [-0.3, -0.25) is 9.69 Å². The monoisotopic (exact) mass is 414 g/mol. The molecule has 0 bridgehead atoms. The van der Waals surface area contributed by atoms with Crippen LogP contribution in [0, 0.1) is 5.82 Å². The van der Waals surface area contributed by atoms with Crippen LogP contribution in [0.2, 0.25) is 0 Å². The Balaban J connectivity index is 1.53. The Morgan fingerprint density at radius 1 is 1.00 bits per heavy atom. The molecule has 30 heavy (non-hydrogen) atoms. The van der Waals surface area contributed by atoms with Crippen LogP contribution in [0.1, 0.15) is 29.8 Å². The fourth-order valence-electron chi connectivity index (χ4n) is 3.62. The smallest absolute Gasteiger partial charge is 0.337 e. The summed E-state index contributed by atoms with van der Waals surface area (Å²) in [5.74, 6) is -0.214. The summed E-state index contributed by atoms with van der Waals surface area (Å²) in [5.41, 5.74) is 1.48. The summed E-state index contributed by atoms with van der Waals surface area (Å²) in [4.78, 5) is 28.3. The highest BCUT2D eigenvalue weighted by molar-refractivity contribution is 5.89. The van der Waals surface area contributed by atoms with Gasteiger partial charge < -0.3 is 14.4 Å². The van der Waals surface area contributed by atoms with Gasteiger partial charge in [0.1, 0.15) is 11.6 Å². The third kappa shape index (κ3) is 5.36. The predicted molar refractivity (Wildman–Crippen MR) is 111 cm³/mol. The zero-order valence-electron chi connectivity index (χ0n) is 17.5. The van der Waals surface area contributed by atoms with Crippen LogP contribution in [-0.4, -0.2) is 60.6 Å². The minimum atomic E-state index is -0.418. The van der Waals surface area contributed by atoms with Crippen LogP contribution < -0.4 is 4.74 Å². The quantitative estimate of drug-likeness (QED) is 0.680. The maximum Gasteiger partial charge on any atom is 0.337 e. The molecule has 7 heteroatoms. The minimum absolute atomic E-state index is 0.0412. The van der Waals surface area contributed by atoms with Gasteiger partial charge in [-0.05, 0) is 55.8 Å². The van der Waals surface area contributed by atoms with Gasteiger partial charge in [-0.2, -0.15) is 0 Å². The van der Waals surface area contributed by atoms with Gasteiger partial charge in [0.15, 0.2) is 6.61 Å².